The fourth-order valence-corrected chi connectivity index (χ4v) is 5.65. The summed E-state index contributed by atoms with van der Waals surface area (Å²) in [7, 11) is 0. The summed E-state index contributed by atoms with van der Waals surface area (Å²) >= 11 is 2.96. The van der Waals surface area contributed by atoms with Crippen molar-refractivity contribution in [2.24, 2.45) is 4.99 Å². The fourth-order valence-electron chi connectivity index (χ4n) is 4.24. The van der Waals surface area contributed by atoms with Crippen molar-refractivity contribution in [3.63, 3.8) is 0 Å². The van der Waals surface area contributed by atoms with Crippen LogP contribution in [0.3, 0.4) is 0 Å². The van der Waals surface area contributed by atoms with Crippen LogP contribution in [-0.4, -0.2) is 23.4 Å². The Bertz CT molecular complexity index is 1600. The summed E-state index contributed by atoms with van der Waals surface area (Å²) in [5, 5.41) is 0. The number of nitrogens with zero attached hydrogens (tertiary/aromatic N) is 2. The number of thiazole rings is 1. The van der Waals surface area contributed by atoms with Crippen LogP contribution >= 0.6 is 23.1 Å². The zero-order valence-electron chi connectivity index (χ0n) is 19.9. The molecule has 3 aromatic carbocycles. The second kappa shape index (κ2) is 10.5. The van der Waals surface area contributed by atoms with E-state index in [-0.39, 0.29) is 12.2 Å². The fraction of sp³-hybridized carbons (Fsp3) is 0.138. The Balaban J connectivity index is 1.82. The Morgan fingerprint density at radius 3 is 2.33 bits per heavy atom. The van der Waals surface area contributed by atoms with Crippen LogP contribution in [0.4, 0.5) is 0 Å². The number of carbonyl (C=O) groups is 1. The number of fused-ring (bicyclic) bond motifs is 1. The summed E-state index contributed by atoms with van der Waals surface area (Å²) in [4.78, 5) is 33.8. The number of ether oxygens (including phenoxy) is 1. The van der Waals surface area contributed by atoms with Crippen molar-refractivity contribution in [3.8, 4) is 0 Å². The predicted molar refractivity (Wildman–Crippen MR) is 146 cm³/mol. The van der Waals surface area contributed by atoms with Gasteiger partial charge in [-0.2, -0.15) is 0 Å². The highest BCUT2D eigenvalue weighted by Gasteiger charge is 2.35. The molecule has 1 aliphatic rings. The third kappa shape index (κ3) is 4.59. The highest BCUT2D eigenvalue weighted by molar-refractivity contribution is 7.98. The molecule has 0 bridgehead atoms. The Morgan fingerprint density at radius 2 is 1.69 bits per heavy atom. The van der Waals surface area contributed by atoms with E-state index in [1.807, 2.05) is 97.3 Å². The third-order valence-electron chi connectivity index (χ3n) is 5.90. The van der Waals surface area contributed by atoms with Crippen molar-refractivity contribution in [2.75, 3.05) is 12.9 Å². The van der Waals surface area contributed by atoms with Crippen molar-refractivity contribution < 1.29 is 9.53 Å². The molecule has 1 atom stereocenters. The number of esters is 1. The van der Waals surface area contributed by atoms with Crippen LogP contribution in [0.5, 0.6) is 0 Å². The topological polar surface area (TPSA) is 60.7 Å². The highest BCUT2D eigenvalue weighted by Crippen LogP contribution is 2.35. The first-order valence-electron chi connectivity index (χ1n) is 11.6. The first-order valence-corrected chi connectivity index (χ1v) is 13.6. The van der Waals surface area contributed by atoms with Gasteiger partial charge in [-0.25, -0.2) is 9.79 Å². The molecule has 0 unspecified atom stereocenters. The van der Waals surface area contributed by atoms with Crippen molar-refractivity contribution in [1.29, 1.82) is 0 Å². The zero-order valence-corrected chi connectivity index (χ0v) is 21.5. The van der Waals surface area contributed by atoms with Gasteiger partial charge in [-0.1, -0.05) is 84.1 Å². The summed E-state index contributed by atoms with van der Waals surface area (Å²) in [6.07, 6.45) is 3.88. The quantitative estimate of drug-likeness (QED) is 0.279. The first-order chi connectivity index (χ1) is 17.6. The average molecular weight is 513 g/mol. The molecule has 1 aliphatic heterocycles. The predicted octanol–water partition coefficient (Wildman–Crippen LogP) is 4.66. The van der Waals surface area contributed by atoms with Gasteiger partial charge in [0.05, 0.1) is 28.5 Å². The van der Waals surface area contributed by atoms with Crippen molar-refractivity contribution in [1.82, 2.24) is 4.57 Å². The van der Waals surface area contributed by atoms with Crippen molar-refractivity contribution >= 4 is 40.8 Å². The number of rotatable bonds is 6. The van der Waals surface area contributed by atoms with E-state index in [2.05, 4.69) is 0 Å². The summed E-state index contributed by atoms with van der Waals surface area (Å²) in [5.41, 5.74) is 3.25. The molecule has 0 saturated carbocycles. The van der Waals surface area contributed by atoms with Gasteiger partial charge in [0.2, 0.25) is 0 Å². The second-order valence-corrected chi connectivity index (χ2v) is 10.0. The standard InChI is InChI=1S/C29H24N2O3S2/c1-3-34-28(33)24-25(20-12-8-5-9-13-20)30-29-31(26(24)21-14-16-22(35-2)17-15-21)27(32)23(36-29)18-19-10-6-4-7-11-19/h4-18,26H,3H2,1-2H3/b23-18-/t26-/m1/s1. The number of hydrogen-bond acceptors (Lipinski definition) is 6. The van der Waals surface area contributed by atoms with E-state index >= 15 is 0 Å². The molecule has 0 radical (unpaired) electrons. The van der Waals surface area contributed by atoms with Crippen molar-refractivity contribution in [2.45, 2.75) is 17.9 Å². The van der Waals surface area contributed by atoms with Crippen LogP contribution in [0.15, 0.2) is 105 Å². The minimum absolute atomic E-state index is 0.185. The van der Waals surface area contributed by atoms with Gasteiger partial charge >= 0.3 is 5.97 Å². The lowest BCUT2D eigenvalue weighted by Gasteiger charge is -2.26. The molecular formula is C29H24N2O3S2. The van der Waals surface area contributed by atoms with Gasteiger partial charge in [0.1, 0.15) is 0 Å². The van der Waals surface area contributed by atoms with E-state index in [1.54, 1.807) is 23.3 Å². The zero-order chi connectivity index (χ0) is 25.1. The van der Waals surface area contributed by atoms with E-state index in [4.69, 9.17) is 9.73 Å². The summed E-state index contributed by atoms with van der Waals surface area (Å²) in [6.45, 7) is 2.00. The van der Waals surface area contributed by atoms with E-state index in [0.717, 1.165) is 21.6 Å². The number of benzene rings is 3. The Hall–Kier alpha value is -3.68. The maximum absolute atomic E-state index is 13.8. The van der Waals surface area contributed by atoms with Crippen LogP contribution < -0.4 is 14.9 Å². The maximum Gasteiger partial charge on any atom is 0.338 e. The largest absolute Gasteiger partial charge is 0.463 e. The monoisotopic (exact) mass is 512 g/mol. The minimum Gasteiger partial charge on any atom is -0.463 e. The first kappa shape index (κ1) is 24.0. The molecule has 7 heteroatoms. The van der Waals surface area contributed by atoms with Crippen LogP contribution in [0.2, 0.25) is 0 Å². The van der Waals surface area contributed by atoms with Crippen LogP contribution in [0, 0.1) is 0 Å². The number of carbonyl (C=O) groups excluding carboxylic acids is 1. The molecule has 4 aromatic rings. The smallest absolute Gasteiger partial charge is 0.338 e. The van der Waals surface area contributed by atoms with Gasteiger partial charge in [-0.15, -0.1) is 11.8 Å². The molecule has 5 nitrogen and oxygen atoms in total. The molecule has 5 rings (SSSR count). The molecule has 0 N–H and O–H groups in total. The molecular weight excluding hydrogens is 488 g/mol. The molecule has 180 valence electrons. The summed E-state index contributed by atoms with van der Waals surface area (Å²) in [6, 6.07) is 26.6. The van der Waals surface area contributed by atoms with E-state index in [9.17, 15) is 9.59 Å². The lowest BCUT2D eigenvalue weighted by Crippen LogP contribution is -2.40. The molecule has 1 aromatic heterocycles. The van der Waals surface area contributed by atoms with E-state index < -0.39 is 12.0 Å². The average Bonchev–Trinajstić information content (AvgIpc) is 3.23. The van der Waals surface area contributed by atoms with Crippen molar-refractivity contribution in [3.05, 3.63) is 127 Å². The lowest BCUT2D eigenvalue weighted by atomic mass is 9.93. The van der Waals surface area contributed by atoms with Gasteiger partial charge in [-0.05, 0) is 42.5 Å². The minimum atomic E-state index is -0.663. The SMILES string of the molecule is CCOC(=O)C1=C(c2ccccc2)N=c2s/c(=C\c3ccccc3)c(=O)n2[C@@H]1c1ccc(SC)cc1. The molecule has 36 heavy (non-hydrogen) atoms. The Morgan fingerprint density at radius 1 is 1.03 bits per heavy atom. The van der Waals surface area contributed by atoms with Crippen LogP contribution in [0.1, 0.15) is 29.7 Å². The molecule has 0 amide bonds. The highest BCUT2D eigenvalue weighted by atomic mass is 32.2. The van der Waals surface area contributed by atoms with Crippen LogP contribution in [0.25, 0.3) is 11.8 Å². The van der Waals surface area contributed by atoms with Gasteiger partial charge in [0.25, 0.3) is 5.56 Å². The molecule has 0 fully saturated rings. The second-order valence-electron chi connectivity index (χ2n) is 8.12. The van der Waals surface area contributed by atoms with Gasteiger partial charge in [-0.3, -0.25) is 9.36 Å². The van der Waals surface area contributed by atoms with Gasteiger partial charge < -0.3 is 4.74 Å². The van der Waals surface area contributed by atoms with E-state index in [0.29, 0.717) is 20.6 Å². The Kier molecular flexibility index (Phi) is 7.02. The molecule has 0 saturated heterocycles. The van der Waals surface area contributed by atoms with Crippen LogP contribution in [-0.2, 0) is 9.53 Å². The normalized spacial score (nSPS) is 15.4. The van der Waals surface area contributed by atoms with Gasteiger partial charge in [0.15, 0.2) is 4.80 Å². The summed E-state index contributed by atoms with van der Waals surface area (Å²) in [5.74, 6) is -0.476. The van der Waals surface area contributed by atoms with E-state index in [1.165, 1.54) is 11.3 Å². The number of thioether (sulfide) groups is 1. The molecule has 2 heterocycles. The third-order valence-corrected chi connectivity index (χ3v) is 7.63. The summed E-state index contributed by atoms with van der Waals surface area (Å²) < 4.78 is 7.70. The lowest BCUT2D eigenvalue weighted by molar-refractivity contribution is -0.138. The Labute approximate surface area is 217 Å². The maximum atomic E-state index is 13.8. The number of hydrogen-bond donors (Lipinski definition) is 0. The number of aromatic nitrogens is 1. The molecule has 0 spiro atoms. The van der Waals surface area contributed by atoms with Gasteiger partial charge in [0, 0.05) is 10.5 Å². The molecule has 0 aliphatic carbocycles.